The lowest BCUT2D eigenvalue weighted by atomic mass is 9.84. The predicted molar refractivity (Wildman–Crippen MR) is 85.2 cm³/mol. The Bertz CT molecular complexity index is 541. The lowest BCUT2D eigenvalue weighted by Crippen LogP contribution is -2.28. The summed E-state index contributed by atoms with van der Waals surface area (Å²) < 4.78 is 5.45. The van der Waals surface area contributed by atoms with E-state index in [1.165, 1.54) is 32.1 Å². The number of nitrogens with one attached hydrogen (secondary N) is 2. The van der Waals surface area contributed by atoms with Gasteiger partial charge < -0.3 is 15.4 Å². The predicted octanol–water partition coefficient (Wildman–Crippen LogP) is 4.05. The van der Waals surface area contributed by atoms with Crippen molar-refractivity contribution in [3.63, 3.8) is 0 Å². The minimum atomic E-state index is -0.144. The van der Waals surface area contributed by atoms with E-state index < -0.39 is 0 Å². The third-order valence-electron chi connectivity index (χ3n) is 4.44. The molecule has 1 aliphatic carbocycles. The van der Waals surface area contributed by atoms with Crippen LogP contribution in [0.3, 0.4) is 0 Å². The number of ether oxygens (including phenoxy) is 1. The molecular weight excluding hydrogens is 288 g/mol. The smallest absolute Gasteiger partial charge is 0.262 e. The van der Waals surface area contributed by atoms with Crippen LogP contribution in [0.25, 0.3) is 0 Å². The van der Waals surface area contributed by atoms with Gasteiger partial charge in [0.2, 0.25) is 0 Å². The molecule has 1 fully saturated rings. The number of rotatable bonds is 3. The van der Waals surface area contributed by atoms with Crippen molar-refractivity contribution >= 4 is 28.9 Å². The van der Waals surface area contributed by atoms with Crippen LogP contribution in [0.1, 0.15) is 39.0 Å². The molecule has 1 unspecified atom stereocenters. The first-order valence-electron chi connectivity index (χ1n) is 7.66. The lowest BCUT2D eigenvalue weighted by Gasteiger charge is -2.30. The van der Waals surface area contributed by atoms with Crippen molar-refractivity contribution in [2.75, 3.05) is 17.2 Å². The lowest BCUT2D eigenvalue weighted by molar-refractivity contribution is -0.118. The summed E-state index contributed by atoms with van der Waals surface area (Å²) in [5.41, 5.74) is 1.52. The molecule has 1 aromatic carbocycles. The van der Waals surface area contributed by atoms with Gasteiger partial charge in [-0.05, 0) is 31.7 Å². The summed E-state index contributed by atoms with van der Waals surface area (Å²) in [6.45, 7) is 2.28. The molecule has 1 heterocycles. The van der Waals surface area contributed by atoms with E-state index in [0.717, 1.165) is 5.69 Å². The average molecular weight is 309 g/mol. The van der Waals surface area contributed by atoms with Crippen LogP contribution in [0, 0.1) is 5.92 Å². The fourth-order valence-corrected chi connectivity index (χ4v) is 3.43. The van der Waals surface area contributed by atoms with Gasteiger partial charge in [0.15, 0.2) is 6.61 Å². The molecule has 21 heavy (non-hydrogen) atoms. The third-order valence-corrected chi connectivity index (χ3v) is 4.75. The number of anilines is 2. The molecule has 5 heteroatoms. The van der Waals surface area contributed by atoms with E-state index in [1.54, 1.807) is 6.07 Å². The molecular formula is C16H21ClN2O2. The maximum absolute atomic E-state index is 11.3. The fraction of sp³-hybridized carbons (Fsp3) is 0.562. The van der Waals surface area contributed by atoms with Crippen molar-refractivity contribution in [1.82, 2.24) is 0 Å². The summed E-state index contributed by atoms with van der Waals surface area (Å²) in [6.07, 6.45) is 6.57. The minimum Gasteiger partial charge on any atom is -0.482 e. The Labute approximate surface area is 130 Å². The topological polar surface area (TPSA) is 50.4 Å². The third kappa shape index (κ3) is 3.26. The normalized spacial score (nSPS) is 20.2. The first-order chi connectivity index (χ1) is 10.1. The molecule has 1 aliphatic heterocycles. The number of fused-ring (bicyclic) bond motifs is 1. The first-order valence-corrected chi connectivity index (χ1v) is 8.04. The van der Waals surface area contributed by atoms with E-state index in [4.69, 9.17) is 16.3 Å². The molecule has 114 valence electrons. The van der Waals surface area contributed by atoms with Crippen LogP contribution >= 0.6 is 11.6 Å². The van der Waals surface area contributed by atoms with Gasteiger partial charge in [0.05, 0.1) is 16.4 Å². The van der Waals surface area contributed by atoms with Gasteiger partial charge in [-0.15, -0.1) is 0 Å². The number of carbonyl (C=O) groups is 1. The van der Waals surface area contributed by atoms with Gasteiger partial charge in [-0.25, -0.2) is 0 Å². The quantitative estimate of drug-likeness (QED) is 0.885. The van der Waals surface area contributed by atoms with Crippen molar-refractivity contribution in [1.29, 1.82) is 0 Å². The second-order valence-corrected chi connectivity index (χ2v) is 6.40. The van der Waals surface area contributed by atoms with Crippen LogP contribution in [-0.2, 0) is 4.79 Å². The molecule has 2 aliphatic rings. The Kier molecular flexibility index (Phi) is 4.24. The van der Waals surface area contributed by atoms with Crippen molar-refractivity contribution in [2.45, 2.75) is 45.1 Å². The highest BCUT2D eigenvalue weighted by atomic mass is 35.5. The standard InChI is InChI=1S/C16H21ClN2O2/c1-10(11-5-3-2-4-6-11)18-13-8-15-14(7-12(13)17)19-16(20)9-21-15/h7-8,10-11,18H,2-6,9H2,1H3,(H,19,20). The molecule has 2 N–H and O–H groups in total. The molecule has 1 saturated carbocycles. The zero-order valence-electron chi connectivity index (χ0n) is 12.2. The summed E-state index contributed by atoms with van der Waals surface area (Å²) >= 11 is 6.32. The van der Waals surface area contributed by atoms with Crippen LogP contribution in [0.15, 0.2) is 12.1 Å². The molecule has 4 nitrogen and oxygen atoms in total. The van der Waals surface area contributed by atoms with E-state index in [2.05, 4.69) is 17.6 Å². The number of hydrogen-bond acceptors (Lipinski definition) is 3. The van der Waals surface area contributed by atoms with E-state index in [1.807, 2.05) is 6.07 Å². The summed E-state index contributed by atoms with van der Waals surface area (Å²) in [7, 11) is 0. The van der Waals surface area contributed by atoms with Crippen LogP contribution in [0.5, 0.6) is 5.75 Å². The van der Waals surface area contributed by atoms with E-state index in [9.17, 15) is 4.79 Å². The molecule has 3 rings (SSSR count). The van der Waals surface area contributed by atoms with Gasteiger partial charge >= 0.3 is 0 Å². The van der Waals surface area contributed by atoms with Crippen molar-refractivity contribution in [2.24, 2.45) is 5.92 Å². The zero-order valence-corrected chi connectivity index (χ0v) is 13.0. The molecule has 1 atom stereocenters. The van der Waals surface area contributed by atoms with E-state index >= 15 is 0 Å². The molecule has 0 aromatic heterocycles. The Morgan fingerprint density at radius 1 is 1.33 bits per heavy atom. The number of hydrogen-bond donors (Lipinski definition) is 2. The van der Waals surface area contributed by atoms with Gasteiger partial charge in [0.25, 0.3) is 5.91 Å². The van der Waals surface area contributed by atoms with Gasteiger partial charge in [-0.3, -0.25) is 4.79 Å². The largest absolute Gasteiger partial charge is 0.482 e. The summed E-state index contributed by atoms with van der Waals surface area (Å²) in [4.78, 5) is 11.3. The fourth-order valence-electron chi connectivity index (χ4n) is 3.21. The number of halogens is 1. The molecule has 0 saturated heterocycles. The molecule has 0 bridgehead atoms. The Morgan fingerprint density at radius 2 is 2.10 bits per heavy atom. The summed E-state index contributed by atoms with van der Waals surface area (Å²) in [6, 6.07) is 4.03. The minimum absolute atomic E-state index is 0.0618. The van der Waals surface area contributed by atoms with Crippen molar-refractivity contribution in [3.05, 3.63) is 17.2 Å². The van der Waals surface area contributed by atoms with Crippen molar-refractivity contribution < 1.29 is 9.53 Å². The van der Waals surface area contributed by atoms with E-state index in [-0.39, 0.29) is 12.5 Å². The number of amides is 1. The monoisotopic (exact) mass is 308 g/mol. The highest BCUT2D eigenvalue weighted by molar-refractivity contribution is 6.33. The average Bonchev–Trinajstić information content (AvgIpc) is 2.49. The Balaban J connectivity index is 1.74. The van der Waals surface area contributed by atoms with Crippen LogP contribution in [0.2, 0.25) is 5.02 Å². The maximum Gasteiger partial charge on any atom is 0.262 e. The Hall–Kier alpha value is -1.42. The molecule has 0 spiro atoms. The Morgan fingerprint density at radius 3 is 2.86 bits per heavy atom. The van der Waals surface area contributed by atoms with Crippen molar-refractivity contribution in [3.8, 4) is 5.75 Å². The number of carbonyl (C=O) groups excluding carboxylic acids is 1. The van der Waals surface area contributed by atoms with Gasteiger partial charge in [-0.2, -0.15) is 0 Å². The molecule has 1 aromatic rings. The van der Waals surface area contributed by atoms with Gasteiger partial charge in [0.1, 0.15) is 5.75 Å². The molecule has 1 amide bonds. The van der Waals surface area contributed by atoms with Crippen LogP contribution < -0.4 is 15.4 Å². The number of benzene rings is 1. The summed E-state index contributed by atoms with van der Waals surface area (Å²) in [5, 5.41) is 6.90. The van der Waals surface area contributed by atoms with Gasteiger partial charge in [-0.1, -0.05) is 30.9 Å². The molecule has 0 radical (unpaired) electrons. The summed E-state index contributed by atoms with van der Waals surface area (Å²) in [5.74, 6) is 1.23. The second kappa shape index (κ2) is 6.14. The van der Waals surface area contributed by atoms with Gasteiger partial charge in [0, 0.05) is 12.1 Å². The zero-order chi connectivity index (χ0) is 14.8. The maximum atomic E-state index is 11.3. The highest BCUT2D eigenvalue weighted by Crippen LogP contribution is 2.37. The second-order valence-electron chi connectivity index (χ2n) is 6.00. The van der Waals surface area contributed by atoms with Crippen LogP contribution in [0.4, 0.5) is 11.4 Å². The van der Waals surface area contributed by atoms with Crippen LogP contribution in [-0.4, -0.2) is 18.6 Å². The van der Waals surface area contributed by atoms with E-state index in [0.29, 0.717) is 28.4 Å². The first kappa shape index (κ1) is 14.5. The highest BCUT2D eigenvalue weighted by Gasteiger charge is 2.22. The SMILES string of the molecule is CC(Nc1cc2c(cc1Cl)NC(=O)CO2)C1CCCCC1.